The molecule has 0 nitrogen and oxygen atoms in total. The maximum Gasteiger partial charge on any atom is -0.0383 e. The first-order chi connectivity index (χ1) is 37.6. The Morgan fingerprint density at radius 2 is 0.304 bits per heavy atom. The minimum atomic E-state index is 0.539. The quantitative estimate of drug-likeness (QED) is 0.0533. The van der Waals surface area contributed by atoms with E-state index in [-0.39, 0.29) is 0 Å². The molecule has 0 spiro atoms. The van der Waals surface area contributed by atoms with Gasteiger partial charge in [-0.05, 0) is 102 Å². The predicted molar refractivity (Wildman–Crippen MR) is 366 cm³/mol. The fraction of sp³-hybridized carbons (Fsp3) is 1.00. The standard InChI is InChI=1S/3C20H40.C19H40/c3*1-5-6-7-11-14-18-17-19(18)15-12-9-8-10-13-16-20(2,3)4;1-5-6-7-8-9-10-11-12-13-14-15-16-17-18-19(2,3)4/h3*18-19H,5-17H2,1-4H3;5-18H2,1-4H3/t2*18-,19+;;/m10../s1. The second-order valence-electron chi connectivity index (χ2n) is 33.0. The van der Waals surface area contributed by atoms with Crippen LogP contribution in [0.1, 0.15) is 451 Å². The van der Waals surface area contributed by atoms with Crippen LogP contribution in [0.4, 0.5) is 0 Å². The van der Waals surface area contributed by atoms with Gasteiger partial charge in [-0.15, -0.1) is 0 Å². The first kappa shape index (κ1) is 79.0. The van der Waals surface area contributed by atoms with E-state index in [0.717, 1.165) is 35.5 Å². The molecule has 0 bridgehead atoms. The van der Waals surface area contributed by atoms with E-state index in [1.807, 2.05) is 0 Å². The van der Waals surface area contributed by atoms with Gasteiger partial charge in [0.05, 0.1) is 0 Å². The molecule has 79 heavy (non-hydrogen) atoms. The van der Waals surface area contributed by atoms with Crippen molar-refractivity contribution < 1.29 is 0 Å². The molecule has 2 unspecified atom stereocenters. The summed E-state index contributed by atoms with van der Waals surface area (Å²) in [6.45, 7) is 37.5. The van der Waals surface area contributed by atoms with Crippen LogP contribution < -0.4 is 0 Å². The molecule has 0 aromatic carbocycles. The summed E-state index contributed by atoms with van der Waals surface area (Å²) >= 11 is 0. The van der Waals surface area contributed by atoms with E-state index >= 15 is 0 Å². The zero-order chi connectivity index (χ0) is 58.9. The smallest absolute Gasteiger partial charge is 0.0383 e. The highest BCUT2D eigenvalue weighted by molar-refractivity contribution is 4.87. The molecule has 3 rings (SSSR count). The third kappa shape index (κ3) is 62.4. The molecule has 3 aliphatic rings. The molecule has 3 aliphatic carbocycles. The molecule has 0 amide bonds. The van der Waals surface area contributed by atoms with Gasteiger partial charge in [0.1, 0.15) is 0 Å². The molecule has 476 valence electrons. The van der Waals surface area contributed by atoms with Crippen LogP contribution in [-0.2, 0) is 0 Å². The van der Waals surface area contributed by atoms with Gasteiger partial charge < -0.3 is 0 Å². The molecule has 0 N–H and O–H groups in total. The van der Waals surface area contributed by atoms with Gasteiger partial charge in [-0.1, -0.05) is 406 Å². The van der Waals surface area contributed by atoms with E-state index in [4.69, 9.17) is 0 Å². The summed E-state index contributed by atoms with van der Waals surface area (Å²) < 4.78 is 0. The number of hydrogen-bond donors (Lipinski definition) is 0. The fourth-order valence-corrected chi connectivity index (χ4v) is 13.0. The van der Waals surface area contributed by atoms with Gasteiger partial charge in [-0.2, -0.15) is 0 Å². The van der Waals surface area contributed by atoms with Crippen LogP contribution in [0.25, 0.3) is 0 Å². The van der Waals surface area contributed by atoms with E-state index in [0.29, 0.717) is 21.7 Å². The number of rotatable bonds is 49. The van der Waals surface area contributed by atoms with Crippen molar-refractivity contribution in [1.29, 1.82) is 0 Å². The third-order valence-electron chi connectivity index (χ3n) is 19.0. The van der Waals surface area contributed by atoms with Gasteiger partial charge in [0.25, 0.3) is 0 Å². The van der Waals surface area contributed by atoms with Crippen LogP contribution in [0, 0.1) is 57.2 Å². The summed E-state index contributed by atoms with van der Waals surface area (Å²) in [5.41, 5.74) is 2.16. The second kappa shape index (κ2) is 51.2. The highest BCUT2D eigenvalue weighted by atomic mass is 14.4. The van der Waals surface area contributed by atoms with Crippen LogP contribution in [0.2, 0.25) is 0 Å². The lowest BCUT2D eigenvalue weighted by Gasteiger charge is -2.17. The van der Waals surface area contributed by atoms with Crippen molar-refractivity contribution in [1.82, 2.24) is 0 Å². The van der Waals surface area contributed by atoms with Gasteiger partial charge in [0.15, 0.2) is 0 Å². The van der Waals surface area contributed by atoms with Crippen molar-refractivity contribution in [3.63, 3.8) is 0 Å². The van der Waals surface area contributed by atoms with Gasteiger partial charge in [0, 0.05) is 0 Å². The van der Waals surface area contributed by atoms with E-state index in [1.165, 1.54) is 321 Å². The van der Waals surface area contributed by atoms with Crippen LogP contribution in [0.5, 0.6) is 0 Å². The third-order valence-corrected chi connectivity index (χ3v) is 19.0. The molecule has 0 aliphatic heterocycles. The number of unbranched alkanes of at least 4 members (excludes halogenated alkanes) is 33. The molecule has 6 atom stereocenters. The lowest BCUT2D eigenvalue weighted by atomic mass is 9.89. The van der Waals surface area contributed by atoms with Gasteiger partial charge in [-0.3, -0.25) is 0 Å². The molecule has 0 heterocycles. The largest absolute Gasteiger partial charge is 0.0654 e. The Morgan fingerprint density at radius 1 is 0.177 bits per heavy atom. The van der Waals surface area contributed by atoms with Crippen molar-refractivity contribution in [2.24, 2.45) is 57.2 Å². The lowest BCUT2D eigenvalue weighted by molar-refractivity contribution is 0.356. The summed E-state index contributed by atoms with van der Waals surface area (Å²) in [6.07, 6.45) is 78.0. The summed E-state index contributed by atoms with van der Waals surface area (Å²) in [7, 11) is 0. The minimum absolute atomic E-state index is 0.539. The lowest BCUT2D eigenvalue weighted by Crippen LogP contribution is -2.03. The molecular formula is C79H160. The Hall–Kier alpha value is 0. The fourth-order valence-electron chi connectivity index (χ4n) is 13.0. The summed E-state index contributed by atoms with van der Waals surface area (Å²) in [5, 5.41) is 0. The van der Waals surface area contributed by atoms with Crippen molar-refractivity contribution in [3.05, 3.63) is 0 Å². The highest BCUT2D eigenvalue weighted by Crippen LogP contribution is 2.47. The van der Waals surface area contributed by atoms with Gasteiger partial charge in [-0.25, -0.2) is 0 Å². The normalized spacial score (nSPS) is 19.7. The summed E-state index contributed by atoms with van der Waals surface area (Å²) in [5.74, 6) is 6.79. The maximum absolute atomic E-state index is 2.36. The first-order valence-corrected chi connectivity index (χ1v) is 37.6. The molecule has 0 aromatic heterocycles. The van der Waals surface area contributed by atoms with Crippen LogP contribution in [0.15, 0.2) is 0 Å². The summed E-state index contributed by atoms with van der Waals surface area (Å²) in [6, 6.07) is 0. The van der Waals surface area contributed by atoms with E-state index in [2.05, 4.69) is 111 Å². The average molecular weight is 1110 g/mol. The Morgan fingerprint density at radius 3 is 0.456 bits per heavy atom. The molecule has 3 fully saturated rings. The average Bonchev–Trinajstić information content (AvgIpc) is 4.32. The Bertz CT molecular complexity index is 1090. The molecule has 0 saturated heterocycles. The second-order valence-corrected chi connectivity index (χ2v) is 33.0. The molecule has 0 radical (unpaired) electrons. The molecule has 0 aromatic rings. The molecular weight excluding hydrogens is 949 g/mol. The number of hydrogen-bond acceptors (Lipinski definition) is 0. The van der Waals surface area contributed by atoms with Gasteiger partial charge in [0.2, 0.25) is 0 Å². The Kier molecular flexibility index (Phi) is 51.2. The Labute approximate surface area is 505 Å². The zero-order valence-electron chi connectivity index (χ0n) is 58.9. The minimum Gasteiger partial charge on any atom is -0.0654 e. The molecule has 0 heteroatoms. The van der Waals surface area contributed by atoms with Crippen molar-refractivity contribution >= 4 is 0 Å². The topological polar surface area (TPSA) is 0 Å². The zero-order valence-corrected chi connectivity index (χ0v) is 58.9. The predicted octanol–water partition coefficient (Wildman–Crippen LogP) is 29.6. The molecule has 3 saturated carbocycles. The van der Waals surface area contributed by atoms with Crippen molar-refractivity contribution in [2.45, 2.75) is 451 Å². The monoisotopic (exact) mass is 1110 g/mol. The Balaban J connectivity index is 0.00000103. The van der Waals surface area contributed by atoms with Crippen LogP contribution >= 0.6 is 0 Å². The van der Waals surface area contributed by atoms with E-state index < -0.39 is 0 Å². The van der Waals surface area contributed by atoms with E-state index in [1.54, 1.807) is 19.3 Å². The van der Waals surface area contributed by atoms with Crippen LogP contribution in [0.3, 0.4) is 0 Å². The maximum atomic E-state index is 2.36. The summed E-state index contributed by atoms with van der Waals surface area (Å²) in [4.78, 5) is 0. The first-order valence-electron chi connectivity index (χ1n) is 37.6. The SMILES string of the molecule is CCCCCCC1CC1CCCCCCCC(C)(C)C.CCCCCCCCCCCCCCCC(C)(C)C.CCCCCC[C@@H]1C[C@@H]1CCCCCCCC(C)(C)C.CCCCCC[C@H]1C[C@H]1CCCCCCCC(C)(C)C. The van der Waals surface area contributed by atoms with E-state index in [9.17, 15) is 0 Å². The highest BCUT2D eigenvalue weighted by Gasteiger charge is 2.36. The van der Waals surface area contributed by atoms with Crippen molar-refractivity contribution in [3.8, 4) is 0 Å². The van der Waals surface area contributed by atoms with Gasteiger partial charge >= 0.3 is 0 Å². The van der Waals surface area contributed by atoms with Crippen LogP contribution in [-0.4, -0.2) is 0 Å². The van der Waals surface area contributed by atoms with Crippen molar-refractivity contribution in [2.75, 3.05) is 0 Å².